The van der Waals surface area contributed by atoms with E-state index in [0.29, 0.717) is 13.1 Å². The maximum Gasteiger partial charge on any atom is 0.303 e. The Morgan fingerprint density at radius 2 is 2.19 bits per heavy atom. The Labute approximate surface area is 126 Å². The molecular weight excluding hydrogens is 298 g/mol. The highest BCUT2D eigenvalue weighted by Crippen LogP contribution is 2.36. The maximum atomic E-state index is 14.0. The zero-order valence-corrected chi connectivity index (χ0v) is 13.1. The number of likely N-dealkylation sites (tertiary alicyclic amines) is 1. The number of aliphatic carboxylic acids is 1. The monoisotopic (exact) mass is 318 g/mol. The molecule has 2 heterocycles. The third-order valence-electron chi connectivity index (χ3n) is 4.01. The molecule has 21 heavy (non-hydrogen) atoms. The fourth-order valence-corrected chi connectivity index (χ4v) is 3.57. The number of alkyl halides is 2. The van der Waals surface area contributed by atoms with Gasteiger partial charge >= 0.3 is 5.97 Å². The molecule has 0 bridgehead atoms. The summed E-state index contributed by atoms with van der Waals surface area (Å²) in [5.41, 5.74) is 0.985. The van der Waals surface area contributed by atoms with E-state index in [1.807, 2.05) is 18.7 Å². The van der Waals surface area contributed by atoms with Gasteiger partial charge in [-0.15, -0.1) is 11.3 Å². The van der Waals surface area contributed by atoms with Gasteiger partial charge in [-0.3, -0.25) is 9.69 Å². The molecule has 4 nitrogen and oxygen atoms in total. The first-order valence-corrected chi connectivity index (χ1v) is 7.84. The summed E-state index contributed by atoms with van der Waals surface area (Å²) < 4.78 is 27.9. The average Bonchev–Trinajstić information content (AvgIpc) is 2.61. The van der Waals surface area contributed by atoms with E-state index in [1.54, 1.807) is 11.3 Å². The third kappa shape index (κ3) is 4.20. The number of aromatic nitrogens is 1. The lowest BCUT2D eigenvalue weighted by molar-refractivity contribution is -0.143. The molecule has 1 unspecified atom stereocenters. The molecule has 1 aliphatic heterocycles. The van der Waals surface area contributed by atoms with Crippen molar-refractivity contribution in [2.75, 3.05) is 13.1 Å². The first-order chi connectivity index (χ1) is 9.78. The van der Waals surface area contributed by atoms with Crippen LogP contribution in [-0.4, -0.2) is 40.0 Å². The van der Waals surface area contributed by atoms with Crippen LogP contribution in [0, 0.1) is 19.8 Å². The number of carbonyl (C=O) groups is 1. The Balaban J connectivity index is 2.00. The van der Waals surface area contributed by atoms with E-state index in [9.17, 15) is 13.6 Å². The van der Waals surface area contributed by atoms with E-state index in [2.05, 4.69) is 4.98 Å². The van der Waals surface area contributed by atoms with Crippen molar-refractivity contribution in [3.05, 3.63) is 15.6 Å². The number of thiazole rings is 1. The van der Waals surface area contributed by atoms with Crippen LogP contribution in [0.4, 0.5) is 8.78 Å². The Bertz CT molecular complexity index is 500. The molecule has 118 valence electrons. The van der Waals surface area contributed by atoms with E-state index in [1.165, 1.54) is 0 Å². The van der Waals surface area contributed by atoms with Gasteiger partial charge in [0.25, 0.3) is 5.92 Å². The minimum atomic E-state index is -2.90. The molecule has 0 aliphatic carbocycles. The molecule has 0 saturated carbocycles. The van der Waals surface area contributed by atoms with Crippen LogP contribution >= 0.6 is 11.3 Å². The molecule has 1 saturated heterocycles. The number of carboxylic acids is 1. The van der Waals surface area contributed by atoms with Gasteiger partial charge in [0.1, 0.15) is 5.01 Å². The summed E-state index contributed by atoms with van der Waals surface area (Å²) in [6, 6.07) is 0. The summed E-state index contributed by atoms with van der Waals surface area (Å²) >= 11 is 1.59. The molecule has 1 aromatic heterocycles. The van der Waals surface area contributed by atoms with Gasteiger partial charge < -0.3 is 5.11 Å². The second kappa shape index (κ2) is 6.36. The van der Waals surface area contributed by atoms with E-state index >= 15 is 0 Å². The summed E-state index contributed by atoms with van der Waals surface area (Å²) in [5.74, 6) is -5.12. The van der Waals surface area contributed by atoms with Gasteiger partial charge in [-0.25, -0.2) is 13.8 Å². The van der Waals surface area contributed by atoms with Gasteiger partial charge in [-0.05, 0) is 26.8 Å². The predicted molar refractivity (Wildman–Crippen MR) is 76.8 cm³/mol. The quantitative estimate of drug-likeness (QED) is 0.927. The fourth-order valence-electron chi connectivity index (χ4n) is 2.59. The number of halogens is 2. The minimum Gasteiger partial charge on any atom is -0.481 e. The lowest BCUT2D eigenvalue weighted by Crippen LogP contribution is -2.30. The van der Waals surface area contributed by atoms with Gasteiger partial charge in [-0.1, -0.05) is 0 Å². The molecule has 1 aliphatic rings. The Hall–Kier alpha value is -1.08. The lowest BCUT2D eigenvalue weighted by atomic mass is 9.93. The molecule has 2 rings (SSSR count). The van der Waals surface area contributed by atoms with Crippen LogP contribution in [0.1, 0.15) is 34.8 Å². The second-order valence-corrected chi connectivity index (χ2v) is 6.91. The highest BCUT2D eigenvalue weighted by molar-refractivity contribution is 7.11. The highest BCUT2D eigenvalue weighted by Gasteiger charge is 2.42. The van der Waals surface area contributed by atoms with Crippen molar-refractivity contribution in [2.24, 2.45) is 5.92 Å². The number of hydrogen-bond acceptors (Lipinski definition) is 4. The second-order valence-electron chi connectivity index (χ2n) is 5.62. The van der Waals surface area contributed by atoms with Gasteiger partial charge in [-0.2, -0.15) is 0 Å². The zero-order valence-electron chi connectivity index (χ0n) is 12.2. The molecule has 0 radical (unpaired) electrons. The number of rotatable bonds is 4. The molecule has 7 heteroatoms. The largest absolute Gasteiger partial charge is 0.481 e. The van der Waals surface area contributed by atoms with Crippen molar-refractivity contribution in [1.82, 2.24) is 9.88 Å². The number of aryl methyl sites for hydroxylation is 2. The van der Waals surface area contributed by atoms with Crippen molar-refractivity contribution in [1.29, 1.82) is 0 Å². The van der Waals surface area contributed by atoms with Crippen LogP contribution < -0.4 is 0 Å². The van der Waals surface area contributed by atoms with Crippen LogP contribution in [0.25, 0.3) is 0 Å². The Morgan fingerprint density at radius 1 is 1.48 bits per heavy atom. The van der Waals surface area contributed by atoms with E-state index in [-0.39, 0.29) is 19.4 Å². The first-order valence-electron chi connectivity index (χ1n) is 7.03. The fraction of sp³-hybridized carbons (Fsp3) is 0.714. The third-order valence-corrected chi connectivity index (χ3v) is 5.06. The van der Waals surface area contributed by atoms with Crippen LogP contribution in [0.2, 0.25) is 0 Å². The Morgan fingerprint density at radius 3 is 2.76 bits per heavy atom. The summed E-state index contributed by atoms with van der Waals surface area (Å²) in [4.78, 5) is 18.3. The van der Waals surface area contributed by atoms with Crippen molar-refractivity contribution in [3.8, 4) is 0 Å². The SMILES string of the molecule is Cc1nc(CN2CCC(CC(=O)O)C(F)(F)CC2)sc1C. The van der Waals surface area contributed by atoms with Crippen LogP contribution in [0.3, 0.4) is 0 Å². The molecule has 1 aromatic rings. The number of hydrogen-bond donors (Lipinski definition) is 1. The summed E-state index contributed by atoms with van der Waals surface area (Å²) in [5, 5.41) is 9.70. The topological polar surface area (TPSA) is 53.4 Å². The standard InChI is InChI=1S/C14H20F2N2O2S/c1-9-10(2)21-12(17-9)8-18-5-3-11(7-13(19)20)14(15,16)4-6-18/h11H,3-8H2,1-2H3,(H,19,20). The molecule has 0 amide bonds. The van der Waals surface area contributed by atoms with Crippen molar-refractivity contribution in [3.63, 3.8) is 0 Å². The van der Waals surface area contributed by atoms with Crippen molar-refractivity contribution >= 4 is 17.3 Å². The van der Waals surface area contributed by atoms with Gasteiger partial charge in [0.05, 0.1) is 18.7 Å². The zero-order chi connectivity index (χ0) is 15.6. The van der Waals surface area contributed by atoms with Crippen molar-refractivity contribution < 1.29 is 18.7 Å². The summed E-state index contributed by atoms with van der Waals surface area (Å²) in [6.45, 7) is 5.27. The predicted octanol–water partition coefficient (Wildman–Crippen LogP) is 3.08. The van der Waals surface area contributed by atoms with E-state index in [0.717, 1.165) is 15.6 Å². The van der Waals surface area contributed by atoms with Crippen molar-refractivity contribution in [2.45, 2.75) is 45.6 Å². The minimum absolute atomic E-state index is 0.211. The summed E-state index contributed by atoms with van der Waals surface area (Å²) in [7, 11) is 0. The van der Waals surface area contributed by atoms with Crippen LogP contribution in [0.15, 0.2) is 0 Å². The molecule has 1 N–H and O–H groups in total. The molecule has 0 spiro atoms. The maximum absolute atomic E-state index is 14.0. The Kier molecular flexibility index (Phi) is 4.93. The van der Waals surface area contributed by atoms with Crippen LogP contribution in [0.5, 0.6) is 0 Å². The number of carboxylic acid groups (broad SMARTS) is 1. The van der Waals surface area contributed by atoms with Gasteiger partial charge in [0.15, 0.2) is 0 Å². The normalized spacial score (nSPS) is 23.0. The molecular formula is C14H20F2N2O2S. The average molecular weight is 318 g/mol. The molecule has 1 atom stereocenters. The summed E-state index contributed by atoms with van der Waals surface area (Å²) in [6.07, 6.45) is -0.534. The van der Waals surface area contributed by atoms with E-state index in [4.69, 9.17) is 5.11 Å². The van der Waals surface area contributed by atoms with Gasteiger partial charge in [0.2, 0.25) is 0 Å². The first kappa shape index (κ1) is 16.3. The molecule has 0 aromatic carbocycles. The number of nitrogens with zero attached hydrogens (tertiary/aromatic N) is 2. The van der Waals surface area contributed by atoms with Crippen LogP contribution in [-0.2, 0) is 11.3 Å². The van der Waals surface area contributed by atoms with E-state index < -0.39 is 24.2 Å². The van der Waals surface area contributed by atoms with Gasteiger partial charge in [0, 0.05) is 23.8 Å². The molecule has 1 fully saturated rings. The smallest absolute Gasteiger partial charge is 0.303 e. The lowest BCUT2D eigenvalue weighted by Gasteiger charge is -2.22. The highest BCUT2D eigenvalue weighted by atomic mass is 32.1.